The van der Waals surface area contributed by atoms with Crippen LogP contribution in [0.3, 0.4) is 0 Å². The molecule has 10 nitrogen and oxygen atoms in total. The standard InChI is InChI=1S/C54H48N2O8/c1-59-47-23-15-42(16-24-47)53(40-11-7-5-8-12-40,43-17-25-48(60-2)26-18-43)63-36-38-33-39(35-46(34-38)56-32-31-51(57)55-52(56)58)37-64-54(41-13-9-6-10-14-41,44-19-27-49(61-3)28-20-44)45-21-29-50(62-4)30-22-45/h5-35H,36-37H2,1-4H3,(H,55,57,58). The molecule has 8 aromatic rings. The van der Waals surface area contributed by atoms with Gasteiger partial charge in [-0.25, -0.2) is 4.79 Å². The quantitative estimate of drug-likeness (QED) is 0.0903. The molecule has 0 aliphatic heterocycles. The van der Waals surface area contributed by atoms with E-state index in [0.29, 0.717) is 28.7 Å². The molecule has 322 valence electrons. The molecule has 0 fully saturated rings. The first kappa shape index (κ1) is 43.0. The van der Waals surface area contributed by atoms with Gasteiger partial charge in [0.1, 0.15) is 34.2 Å². The number of aromatic amines is 1. The summed E-state index contributed by atoms with van der Waals surface area (Å²) in [6.07, 6.45) is 1.47. The average molecular weight is 853 g/mol. The molecule has 0 bridgehead atoms. The summed E-state index contributed by atoms with van der Waals surface area (Å²) in [6.45, 7) is 0.180. The molecule has 1 aromatic heterocycles. The third-order valence-electron chi connectivity index (χ3n) is 11.4. The Labute approximate surface area is 371 Å². The van der Waals surface area contributed by atoms with Crippen LogP contribution in [0.1, 0.15) is 44.5 Å². The number of methoxy groups -OCH3 is 4. The average Bonchev–Trinajstić information content (AvgIpc) is 3.35. The van der Waals surface area contributed by atoms with E-state index in [1.807, 2.05) is 176 Å². The molecule has 0 unspecified atom stereocenters. The van der Waals surface area contributed by atoms with Crippen molar-refractivity contribution in [1.29, 1.82) is 0 Å². The molecule has 0 radical (unpaired) electrons. The highest BCUT2D eigenvalue weighted by Crippen LogP contribution is 2.44. The second-order valence-electron chi connectivity index (χ2n) is 15.1. The van der Waals surface area contributed by atoms with Gasteiger partial charge in [0.25, 0.3) is 5.56 Å². The summed E-state index contributed by atoms with van der Waals surface area (Å²) < 4.78 is 38.3. The third kappa shape index (κ3) is 8.70. The van der Waals surface area contributed by atoms with Gasteiger partial charge < -0.3 is 28.4 Å². The van der Waals surface area contributed by atoms with Gasteiger partial charge in [0, 0.05) is 12.3 Å². The minimum Gasteiger partial charge on any atom is -0.497 e. The van der Waals surface area contributed by atoms with Crippen molar-refractivity contribution in [2.45, 2.75) is 24.4 Å². The molecule has 1 N–H and O–H groups in total. The lowest BCUT2D eigenvalue weighted by atomic mass is 9.80. The largest absolute Gasteiger partial charge is 0.497 e. The van der Waals surface area contributed by atoms with Crippen molar-refractivity contribution in [3.05, 3.63) is 254 Å². The van der Waals surface area contributed by atoms with E-state index in [-0.39, 0.29) is 13.2 Å². The van der Waals surface area contributed by atoms with E-state index in [1.54, 1.807) is 28.4 Å². The minimum absolute atomic E-state index is 0.0900. The number of ether oxygens (including phenoxy) is 6. The zero-order valence-electron chi connectivity index (χ0n) is 36.0. The highest BCUT2D eigenvalue weighted by molar-refractivity contribution is 5.52. The minimum atomic E-state index is -1.12. The monoisotopic (exact) mass is 852 g/mol. The van der Waals surface area contributed by atoms with Crippen molar-refractivity contribution in [3.63, 3.8) is 0 Å². The van der Waals surface area contributed by atoms with Crippen molar-refractivity contribution in [2.75, 3.05) is 28.4 Å². The normalized spacial score (nSPS) is 11.5. The number of hydrogen-bond donors (Lipinski definition) is 1. The second-order valence-corrected chi connectivity index (χ2v) is 15.1. The van der Waals surface area contributed by atoms with Crippen LogP contribution >= 0.6 is 0 Å². The maximum Gasteiger partial charge on any atom is 0.332 e. The van der Waals surface area contributed by atoms with Crippen LogP contribution in [0, 0.1) is 0 Å². The van der Waals surface area contributed by atoms with Gasteiger partial charge in [0.2, 0.25) is 0 Å². The Kier molecular flexibility index (Phi) is 12.9. The molecule has 7 aromatic carbocycles. The summed E-state index contributed by atoms with van der Waals surface area (Å²) in [5.41, 5.74) is 3.96. The molecule has 10 heteroatoms. The topological polar surface area (TPSA) is 110 Å². The first-order chi connectivity index (χ1) is 31.3. The maximum absolute atomic E-state index is 13.4. The fourth-order valence-corrected chi connectivity index (χ4v) is 8.20. The van der Waals surface area contributed by atoms with E-state index in [2.05, 4.69) is 4.98 Å². The lowest BCUT2D eigenvalue weighted by molar-refractivity contribution is -0.00242. The predicted molar refractivity (Wildman–Crippen MR) is 247 cm³/mol. The van der Waals surface area contributed by atoms with Crippen LogP contribution in [0.25, 0.3) is 5.69 Å². The maximum atomic E-state index is 13.4. The molecule has 0 amide bonds. The highest BCUT2D eigenvalue weighted by Gasteiger charge is 2.39. The van der Waals surface area contributed by atoms with Gasteiger partial charge in [-0.1, -0.05) is 115 Å². The molecule has 0 spiro atoms. The van der Waals surface area contributed by atoms with Crippen LogP contribution in [0.5, 0.6) is 23.0 Å². The number of benzene rings is 7. The Morgan fingerprint density at radius 2 is 0.750 bits per heavy atom. The summed E-state index contributed by atoms with van der Waals surface area (Å²) in [4.78, 5) is 28.1. The summed E-state index contributed by atoms with van der Waals surface area (Å²) in [5.74, 6) is 2.83. The molecule has 0 saturated carbocycles. The zero-order chi connectivity index (χ0) is 44.5. The van der Waals surface area contributed by atoms with E-state index >= 15 is 0 Å². The van der Waals surface area contributed by atoms with Crippen molar-refractivity contribution >= 4 is 0 Å². The van der Waals surface area contributed by atoms with E-state index in [9.17, 15) is 9.59 Å². The number of nitrogens with one attached hydrogen (secondary N) is 1. The van der Waals surface area contributed by atoms with Crippen molar-refractivity contribution in [2.24, 2.45) is 0 Å². The van der Waals surface area contributed by atoms with Gasteiger partial charge in [-0.05, 0) is 105 Å². The fourth-order valence-electron chi connectivity index (χ4n) is 8.20. The van der Waals surface area contributed by atoms with Gasteiger partial charge in [-0.15, -0.1) is 0 Å². The Morgan fingerprint density at radius 3 is 1.06 bits per heavy atom. The molecule has 8 rings (SSSR count). The van der Waals surface area contributed by atoms with Gasteiger partial charge in [0.15, 0.2) is 0 Å². The molecule has 0 aliphatic rings. The number of nitrogens with zero attached hydrogens (tertiary/aromatic N) is 1. The van der Waals surface area contributed by atoms with Crippen molar-refractivity contribution in [3.8, 4) is 28.7 Å². The van der Waals surface area contributed by atoms with Crippen LogP contribution in [-0.4, -0.2) is 38.0 Å². The highest BCUT2D eigenvalue weighted by atomic mass is 16.5. The van der Waals surface area contributed by atoms with E-state index < -0.39 is 22.5 Å². The molecular formula is C54H48N2O8. The number of H-pyrrole nitrogens is 1. The van der Waals surface area contributed by atoms with E-state index in [1.165, 1.54) is 16.8 Å². The molecule has 0 saturated heterocycles. The van der Waals surface area contributed by atoms with Crippen molar-refractivity contribution < 1.29 is 28.4 Å². The van der Waals surface area contributed by atoms with Gasteiger partial charge in [-0.2, -0.15) is 0 Å². The Hall–Kier alpha value is -7.66. The fraction of sp³-hybridized carbons (Fsp3) is 0.148. The van der Waals surface area contributed by atoms with Gasteiger partial charge in [-0.3, -0.25) is 14.3 Å². The van der Waals surface area contributed by atoms with E-state index in [0.717, 1.165) is 44.5 Å². The van der Waals surface area contributed by atoms with Crippen LogP contribution in [-0.2, 0) is 33.9 Å². The number of hydrogen-bond acceptors (Lipinski definition) is 8. The van der Waals surface area contributed by atoms with Crippen LogP contribution in [0.2, 0.25) is 0 Å². The lowest BCUT2D eigenvalue weighted by Crippen LogP contribution is -2.33. The smallest absolute Gasteiger partial charge is 0.332 e. The van der Waals surface area contributed by atoms with Gasteiger partial charge >= 0.3 is 5.69 Å². The summed E-state index contributed by atoms with van der Waals surface area (Å²) in [6, 6.07) is 58.6. The van der Waals surface area contributed by atoms with Crippen LogP contribution in [0.4, 0.5) is 0 Å². The van der Waals surface area contributed by atoms with Crippen LogP contribution < -0.4 is 30.2 Å². The van der Waals surface area contributed by atoms with Crippen LogP contribution in [0.15, 0.2) is 198 Å². The predicted octanol–water partition coefficient (Wildman–Crippen LogP) is 9.58. The van der Waals surface area contributed by atoms with E-state index in [4.69, 9.17) is 28.4 Å². The van der Waals surface area contributed by atoms with Gasteiger partial charge in [0.05, 0.1) is 47.3 Å². The second kappa shape index (κ2) is 19.2. The lowest BCUT2D eigenvalue weighted by Gasteiger charge is -2.37. The Morgan fingerprint density at radius 1 is 0.422 bits per heavy atom. The molecule has 1 heterocycles. The molecule has 0 aliphatic carbocycles. The molecule has 0 atom stereocenters. The molecule has 64 heavy (non-hydrogen) atoms. The number of aromatic nitrogens is 2. The summed E-state index contributed by atoms with van der Waals surface area (Å²) in [7, 11) is 6.55. The first-order valence-electron chi connectivity index (χ1n) is 20.7. The van der Waals surface area contributed by atoms with Crippen molar-refractivity contribution in [1.82, 2.24) is 9.55 Å². The zero-order valence-corrected chi connectivity index (χ0v) is 36.0. The third-order valence-corrected chi connectivity index (χ3v) is 11.4. The summed E-state index contributed by atoms with van der Waals surface area (Å²) >= 11 is 0. The first-order valence-corrected chi connectivity index (χ1v) is 20.7. The summed E-state index contributed by atoms with van der Waals surface area (Å²) in [5, 5.41) is 0. The Bertz CT molecular complexity index is 2640. The molecular weight excluding hydrogens is 805 g/mol. The number of rotatable bonds is 17. The Balaban J connectivity index is 1.28. The SMILES string of the molecule is COc1ccc(C(OCc2cc(COC(c3ccccc3)(c3ccc(OC)cc3)c3ccc(OC)cc3)cc(-n3ccc(=O)[nH]c3=O)c2)(c2ccccc2)c2ccc(OC)cc2)cc1.